The Morgan fingerprint density at radius 2 is 1.32 bits per heavy atom. The minimum atomic E-state index is -4.38. The molecule has 0 radical (unpaired) electrons. The number of carbonyl (C=O) groups is 2. The number of aliphatic hydroxyl groups excluding tert-OH is 3. The fraction of sp³-hybridized carbons (Fsp3) is 0.909. The molecule has 330 valence electrons. The van der Waals surface area contributed by atoms with Crippen molar-refractivity contribution < 1.29 is 47.9 Å². The molecule has 0 aromatic rings. The molecule has 1 unspecified atom stereocenters. The molecule has 7 atom stereocenters. The quantitative estimate of drug-likeness (QED) is 0.0178. The first kappa shape index (κ1) is 52.8. The predicted octanol–water partition coefficient (Wildman–Crippen LogP) is 8.95. The molecular weight excluding hydrogens is 731 g/mol. The van der Waals surface area contributed by atoms with Crippen LogP contribution in [0, 0.1) is 11.8 Å². The van der Waals surface area contributed by atoms with Crippen LogP contribution in [-0.4, -0.2) is 102 Å². The molecule has 0 heterocycles. The van der Waals surface area contributed by atoms with Crippen LogP contribution in [0.15, 0.2) is 12.2 Å². The summed E-state index contributed by atoms with van der Waals surface area (Å²) in [5.41, 5.74) is 0. The molecule has 1 rings (SSSR count). The van der Waals surface area contributed by atoms with Gasteiger partial charge in [0.25, 0.3) is 0 Å². The zero-order chi connectivity index (χ0) is 41.7. The number of nitrogens with one attached hydrogen (secondary N) is 1. The Hall–Kier alpha value is -1.17. The van der Waals surface area contributed by atoms with Crippen molar-refractivity contribution in [2.75, 3.05) is 40.9 Å². The molecule has 5 N–H and O–H groups in total. The van der Waals surface area contributed by atoms with Crippen LogP contribution < -0.4 is 5.32 Å². The Labute approximate surface area is 342 Å². The number of quaternary nitrogens is 1. The van der Waals surface area contributed by atoms with E-state index in [1.54, 1.807) is 6.08 Å². The molecule has 56 heavy (non-hydrogen) atoms. The highest BCUT2D eigenvalue weighted by atomic mass is 31.2. The van der Waals surface area contributed by atoms with Crippen LogP contribution in [-0.2, 0) is 23.2 Å². The SMILES string of the molecule is CCCCCCCCCCCCCCCC[C@@H](O)[C@H](COP(=O)(O)OCC[N+](C)(C)C)NC(=O)CCCCCC[C@H]1C(=O)C[C@@H](O)[C@@H]1/C=C/[C@@H](O)CCCCC. The predicted molar refractivity (Wildman–Crippen MR) is 227 cm³/mol. The van der Waals surface area contributed by atoms with Crippen molar-refractivity contribution in [1.29, 1.82) is 0 Å². The second-order valence-corrected chi connectivity index (χ2v) is 19.0. The van der Waals surface area contributed by atoms with Crippen molar-refractivity contribution >= 4 is 19.5 Å². The number of Topliss-reactive ketones (excluding diaryl/α,β-unsaturated/α-hetero) is 1. The van der Waals surface area contributed by atoms with Gasteiger partial charge in [0, 0.05) is 24.7 Å². The van der Waals surface area contributed by atoms with Gasteiger partial charge >= 0.3 is 7.82 Å². The maximum absolute atomic E-state index is 13.0. The normalized spacial score (nSPS) is 20.4. The number of unbranched alkanes of at least 4 members (excludes halogenated alkanes) is 18. The third-order valence-corrected chi connectivity index (χ3v) is 12.1. The van der Waals surface area contributed by atoms with E-state index in [1.165, 1.54) is 70.6 Å². The van der Waals surface area contributed by atoms with Gasteiger partial charge in [-0.15, -0.1) is 0 Å². The number of hydrogen-bond donors (Lipinski definition) is 5. The number of rotatable bonds is 37. The zero-order valence-corrected chi connectivity index (χ0v) is 37.2. The molecule has 0 aromatic carbocycles. The highest BCUT2D eigenvalue weighted by Gasteiger charge is 2.39. The number of amides is 1. The number of phosphoric ester groups is 1. The van der Waals surface area contributed by atoms with Gasteiger partial charge in [-0.2, -0.15) is 0 Å². The van der Waals surface area contributed by atoms with E-state index in [0.717, 1.165) is 57.8 Å². The third-order valence-electron chi connectivity index (χ3n) is 11.2. The number of likely N-dealkylation sites (N-methyl/N-ethyl adjacent to an activating group) is 1. The number of aliphatic hydroxyl groups is 3. The van der Waals surface area contributed by atoms with Crippen LogP contribution >= 0.6 is 7.82 Å². The van der Waals surface area contributed by atoms with Crippen molar-refractivity contribution in [3.05, 3.63) is 12.2 Å². The van der Waals surface area contributed by atoms with E-state index in [-0.39, 0.29) is 49.6 Å². The summed E-state index contributed by atoms with van der Waals surface area (Å²) >= 11 is 0. The lowest BCUT2D eigenvalue weighted by Gasteiger charge is -2.26. The summed E-state index contributed by atoms with van der Waals surface area (Å²) in [5, 5.41) is 34.7. The van der Waals surface area contributed by atoms with Crippen LogP contribution in [0.25, 0.3) is 0 Å². The molecule has 1 saturated carbocycles. The lowest BCUT2D eigenvalue weighted by atomic mass is 9.88. The van der Waals surface area contributed by atoms with Crippen molar-refractivity contribution in [1.82, 2.24) is 5.32 Å². The molecule has 1 amide bonds. The van der Waals surface area contributed by atoms with Crippen LogP contribution in [0.3, 0.4) is 0 Å². The van der Waals surface area contributed by atoms with Crippen molar-refractivity contribution in [2.24, 2.45) is 11.8 Å². The van der Waals surface area contributed by atoms with E-state index in [0.29, 0.717) is 36.7 Å². The van der Waals surface area contributed by atoms with Gasteiger partial charge in [-0.1, -0.05) is 154 Å². The first-order chi connectivity index (χ1) is 26.7. The average Bonchev–Trinajstić information content (AvgIpc) is 3.40. The molecule has 0 spiro atoms. The van der Waals surface area contributed by atoms with E-state index >= 15 is 0 Å². The second-order valence-electron chi connectivity index (χ2n) is 17.6. The molecule has 0 aromatic heterocycles. The Bertz CT molecular complexity index is 1090. The summed E-state index contributed by atoms with van der Waals surface area (Å²) in [5.74, 6) is -0.719. The number of nitrogens with zero attached hydrogens (tertiary/aromatic N) is 1. The van der Waals surface area contributed by atoms with Gasteiger partial charge in [0.15, 0.2) is 0 Å². The molecule has 1 fully saturated rings. The maximum atomic E-state index is 13.0. The number of phosphoric acid groups is 1. The molecule has 11 nitrogen and oxygen atoms in total. The standard InChI is InChI=1S/C44H85N2O9P/c1-6-8-10-11-12-13-14-15-16-17-18-19-20-25-29-41(48)40(36-55-56(52,53)54-34-33-46(3,4)5)45-44(51)30-26-22-21-24-28-38-39(43(50)35-42(38)49)32-31-37(47)27-23-9-7-2/h31-32,37-41,43,47-48,50H,6-30,33-36H2,1-5H3,(H-,45,51,52,53)/p+1/b32-31+/t37-,38+,39+,40-,41+,43+/m0/s1. The fourth-order valence-electron chi connectivity index (χ4n) is 7.47. The van der Waals surface area contributed by atoms with E-state index in [2.05, 4.69) is 19.2 Å². The van der Waals surface area contributed by atoms with Crippen LogP contribution in [0.2, 0.25) is 0 Å². The van der Waals surface area contributed by atoms with Gasteiger partial charge in [0.2, 0.25) is 5.91 Å². The van der Waals surface area contributed by atoms with Gasteiger partial charge in [-0.05, 0) is 25.7 Å². The van der Waals surface area contributed by atoms with Crippen molar-refractivity contribution in [3.63, 3.8) is 0 Å². The largest absolute Gasteiger partial charge is 0.472 e. The number of hydrogen-bond acceptors (Lipinski definition) is 8. The minimum Gasteiger partial charge on any atom is -0.392 e. The molecule has 0 aliphatic heterocycles. The third kappa shape index (κ3) is 27.5. The first-order valence-corrected chi connectivity index (χ1v) is 24.2. The molecular formula is C44H86N2O9P+. The van der Waals surface area contributed by atoms with E-state index in [4.69, 9.17) is 9.05 Å². The number of ketones is 1. The Kier molecular flexibility index (Phi) is 29.9. The first-order valence-electron chi connectivity index (χ1n) is 22.7. The van der Waals surface area contributed by atoms with Crippen molar-refractivity contribution in [3.8, 4) is 0 Å². The van der Waals surface area contributed by atoms with E-state index in [1.807, 2.05) is 27.2 Å². The van der Waals surface area contributed by atoms with Gasteiger partial charge in [0.05, 0.1) is 52.1 Å². The number of carbonyl (C=O) groups excluding carboxylic acids is 2. The Morgan fingerprint density at radius 3 is 1.91 bits per heavy atom. The summed E-state index contributed by atoms with van der Waals surface area (Å²) in [6.45, 7) is 4.57. The lowest BCUT2D eigenvalue weighted by molar-refractivity contribution is -0.870. The summed E-state index contributed by atoms with van der Waals surface area (Å²) in [6.07, 6.45) is 26.9. The van der Waals surface area contributed by atoms with E-state index < -0.39 is 32.2 Å². The van der Waals surface area contributed by atoms with E-state index in [9.17, 15) is 34.4 Å². The Morgan fingerprint density at radius 1 is 0.804 bits per heavy atom. The smallest absolute Gasteiger partial charge is 0.392 e. The molecule has 1 aliphatic rings. The summed E-state index contributed by atoms with van der Waals surface area (Å²) < 4.78 is 23.6. The monoisotopic (exact) mass is 818 g/mol. The lowest BCUT2D eigenvalue weighted by Crippen LogP contribution is -2.46. The molecule has 1 aliphatic carbocycles. The van der Waals surface area contributed by atoms with Gasteiger partial charge < -0.3 is 30.0 Å². The summed E-state index contributed by atoms with van der Waals surface area (Å²) in [4.78, 5) is 35.9. The topological polar surface area (TPSA) is 163 Å². The second kappa shape index (κ2) is 31.7. The zero-order valence-electron chi connectivity index (χ0n) is 36.3. The van der Waals surface area contributed by atoms with Crippen LogP contribution in [0.5, 0.6) is 0 Å². The highest BCUT2D eigenvalue weighted by molar-refractivity contribution is 7.47. The Balaban J connectivity index is 2.50. The summed E-state index contributed by atoms with van der Waals surface area (Å²) in [6, 6.07) is -0.845. The highest BCUT2D eigenvalue weighted by Crippen LogP contribution is 2.43. The minimum absolute atomic E-state index is 0.0327. The molecule has 0 bridgehead atoms. The van der Waals surface area contributed by atoms with Gasteiger partial charge in [-0.25, -0.2) is 4.57 Å². The fourth-order valence-corrected chi connectivity index (χ4v) is 8.21. The molecule has 0 saturated heterocycles. The van der Waals surface area contributed by atoms with Crippen LogP contribution in [0.1, 0.15) is 181 Å². The average molecular weight is 818 g/mol. The van der Waals surface area contributed by atoms with Gasteiger partial charge in [-0.3, -0.25) is 18.6 Å². The molecule has 12 heteroatoms. The maximum Gasteiger partial charge on any atom is 0.472 e. The summed E-state index contributed by atoms with van der Waals surface area (Å²) in [7, 11) is 1.47. The van der Waals surface area contributed by atoms with Gasteiger partial charge in [0.1, 0.15) is 18.9 Å². The van der Waals surface area contributed by atoms with Crippen molar-refractivity contribution in [2.45, 2.75) is 205 Å². The van der Waals surface area contributed by atoms with Crippen LogP contribution in [0.4, 0.5) is 0 Å².